The number of fused-ring (bicyclic) bond motifs is 1. The Morgan fingerprint density at radius 3 is 1.96 bits per heavy atom. The van der Waals surface area contributed by atoms with Gasteiger partial charge in [-0.05, 0) is 23.6 Å². The molecule has 0 aromatic heterocycles. The van der Waals surface area contributed by atoms with Crippen molar-refractivity contribution < 1.29 is 27.4 Å². The van der Waals surface area contributed by atoms with Crippen LogP contribution in [0.15, 0.2) is 36.4 Å². The largest absolute Gasteiger partial charge is 0.492 e. The molecule has 5 nitrogen and oxygen atoms in total. The van der Waals surface area contributed by atoms with Crippen LogP contribution >= 0.6 is 23.2 Å². The number of urea groups is 1. The highest BCUT2D eigenvalue weighted by Gasteiger charge is 2.65. The third kappa shape index (κ3) is 3.93. The number of nitrogens with one attached hydrogen (secondary N) is 2. The van der Waals surface area contributed by atoms with Gasteiger partial charge in [-0.3, -0.25) is 5.32 Å². The van der Waals surface area contributed by atoms with Gasteiger partial charge < -0.3 is 14.8 Å². The first-order valence-corrected chi connectivity index (χ1v) is 8.89. The van der Waals surface area contributed by atoms with Crippen LogP contribution in [0.3, 0.4) is 0 Å². The van der Waals surface area contributed by atoms with Crippen molar-refractivity contribution in [3.8, 4) is 11.5 Å². The average molecular weight is 435 g/mol. The Kier molecular flexibility index (Phi) is 5.29. The molecule has 1 aliphatic rings. The van der Waals surface area contributed by atoms with Gasteiger partial charge in [-0.15, -0.1) is 0 Å². The maximum atomic E-state index is 13.7. The summed E-state index contributed by atoms with van der Waals surface area (Å²) in [4.78, 5) is 12.2. The Morgan fingerprint density at radius 2 is 1.54 bits per heavy atom. The number of ether oxygens (including phenoxy) is 2. The molecule has 0 unspecified atom stereocenters. The van der Waals surface area contributed by atoms with Gasteiger partial charge >= 0.3 is 18.1 Å². The zero-order valence-electron chi connectivity index (χ0n) is 14.7. The highest BCUT2D eigenvalue weighted by molar-refractivity contribution is 6.42. The van der Waals surface area contributed by atoms with Gasteiger partial charge in [0, 0.05) is 17.8 Å². The summed E-state index contributed by atoms with van der Waals surface area (Å²) in [5, 5.41) is 3.98. The van der Waals surface area contributed by atoms with Gasteiger partial charge in [-0.25, -0.2) is 4.79 Å². The van der Waals surface area contributed by atoms with Gasteiger partial charge in [0.2, 0.25) is 0 Å². The predicted octanol–water partition coefficient (Wildman–Crippen LogP) is 5.93. The van der Waals surface area contributed by atoms with E-state index in [4.69, 9.17) is 32.7 Å². The quantitative estimate of drug-likeness (QED) is 0.629. The van der Waals surface area contributed by atoms with Crippen LogP contribution in [0.25, 0.3) is 0 Å². The van der Waals surface area contributed by atoms with E-state index in [1.807, 2.05) is 13.8 Å². The molecule has 28 heavy (non-hydrogen) atoms. The van der Waals surface area contributed by atoms with Crippen molar-refractivity contribution in [3.63, 3.8) is 0 Å². The number of anilines is 1. The van der Waals surface area contributed by atoms with E-state index in [0.29, 0.717) is 5.69 Å². The van der Waals surface area contributed by atoms with E-state index in [1.54, 1.807) is 29.6 Å². The average Bonchev–Trinajstić information content (AvgIpc) is 2.93. The van der Waals surface area contributed by atoms with Gasteiger partial charge in [0.15, 0.2) is 11.5 Å². The van der Waals surface area contributed by atoms with Gasteiger partial charge in [-0.1, -0.05) is 49.2 Å². The van der Waals surface area contributed by atoms with Crippen molar-refractivity contribution in [2.75, 3.05) is 5.32 Å². The molecule has 0 radical (unpaired) electrons. The Morgan fingerprint density at radius 1 is 1.04 bits per heavy atom. The van der Waals surface area contributed by atoms with E-state index in [2.05, 4.69) is 5.32 Å². The molecular weight excluding hydrogens is 420 g/mol. The van der Waals surface area contributed by atoms with Crippen LogP contribution < -0.4 is 20.1 Å². The maximum Gasteiger partial charge on any atom is 0.492 e. The molecular formula is C18H15Cl2F3N2O3. The topological polar surface area (TPSA) is 59.6 Å². The maximum absolute atomic E-state index is 13.7. The molecule has 1 aliphatic heterocycles. The zero-order valence-corrected chi connectivity index (χ0v) is 16.2. The van der Waals surface area contributed by atoms with Crippen molar-refractivity contribution in [2.24, 2.45) is 0 Å². The van der Waals surface area contributed by atoms with E-state index in [9.17, 15) is 18.0 Å². The summed E-state index contributed by atoms with van der Waals surface area (Å²) >= 11 is 11.6. The Balaban J connectivity index is 1.79. The molecule has 2 N–H and O–H groups in total. The molecule has 0 fully saturated rings. The fourth-order valence-corrected chi connectivity index (χ4v) is 2.81. The Labute approximate surface area is 168 Å². The standard InChI is InChI=1S/C18H15Cl2F3N2O3/c1-9(2)10-3-5-11(6-4-10)24-16(26)25-18(17(21,22)23)27-14-7-12(19)13(20)8-15(14)28-18/h3-9H,1-2H3,(H2,24,25,26). The number of benzene rings is 2. The normalized spacial score (nSPS) is 14.9. The third-order valence-electron chi connectivity index (χ3n) is 3.98. The van der Waals surface area contributed by atoms with Crippen LogP contribution in [0, 0.1) is 0 Å². The number of carbonyl (C=O) groups excluding carboxylic acids is 1. The number of halogens is 5. The minimum absolute atomic E-state index is 0.0170. The highest BCUT2D eigenvalue weighted by atomic mass is 35.5. The van der Waals surface area contributed by atoms with Gasteiger partial charge in [0.25, 0.3) is 0 Å². The molecule has 0 saturated carbocycles. The highest BCUT2D eigenvalue weighted by Crippen LogP contribution is 2.47. The van der Waals surface area contributed by atoms with Gasteiger partial charge in [0.1, 0.15) is 0 Å². The van der Waals surface area contributed by atoms with Crippen LogP contribution in [-0.2, 0) is 0 Å². The van der Waals surface area contributed by atoms with Crippen molar-refractivity contribution in [3.05, 3.63) is 52.0 Å². The summed E-state index contributed by atoms with van der Waals surface area (Å²) in [5.41, 5.74) is 1.32. The first-order chi connectivity index (χ1) is 13.0. The second-order valence-corrected chi connectivity index (χ2v) is 7.20. The first-order valence-electron chi connectivity index (χ1n) is 8.13. The van der Waals surface area contributed by atoms with Crippen LogP contribution in [0.2, 0.25) is 10.0 Å². The Hall–Kier alpha value is -2.32. The van der Waals surface area contributed by atoms with Crippen molar-refractivity contribution >= 4 is 34.9 Å². The lowest BCUT2D eigenvalue weighted by Gasteiger charge is -2.29. The molecule has 2 amide bonds. The minimum atomic E-state index is -5.09. The van der Waals surface area contributed by atoms with E-state index in [0.717, 1.165) is 17.7 Å². The smallest absolute Gasteiger partial charge is 0.424 e. The molecule has 10 heteroatoms. The molecule has 0 saturated heterocycles. The number of hydrogen-bond acceptors (Lipinski definition) is 3. The number of hydrogen-bond donors (Lipinski definition) is 2. The molecule has 3 rings (SSSR count). The van der Waals surface area contributed by atoms with Gasteiger partial charge in [-0.2, -0.15) is 13.2 Å². The SMILES string of the molecule is CC(C)c1ccc(NC(=O)NC2(C(F)(F)F)Oc3cc(Cl)c(Cl)cc3O2)cc1. The first kappa shape index (κ1) is 20.4. The zero-order chi connectivity index (χ0) is 20.7. The monoisotopic (exact) mass is 434 g/mol. The summed E-state index contributed by atoms with van der Waals surface area (Å²) in [6, 6.07) is 7.69. The molecule has 0 bridgehead atoms. The second-order valence-electron chi connectivity index (χ2n) is 6.39. The van der Waals surface area contributed by atoms with Gasteiger partial charge in [0.05, 0.1) is 10.0 Å². The summed E-state index contributed by atoms with van der Waals surface area (Å²) in [7, 11) is 0. The summed E-state index contributed by atoms with van der Waals surface area (Å²) in [5.74, 6) is -3.74. The number of alkyl halides is 3. The minimum Gasteiger partial charge on any atom is -0.424 e. The molecule has 0 aliphatic carbocycles. The number of carbonyl (C=O) groups is 1. The number of rotatable bonds is 3. The van der Waals surface area contributed by atoms with Crippen LogP contribution in [0.4, 0.5) is 23.7 Å². The summed E-state index contributed by atoms with van der Waals surface area (Å²) in [6.07, 6.45) is -5.09. The van der Waals surface area contributed by atoms with Crippen LogP contribution in [0.5, 0.6) is 11.5 Å². The molecule has 0 spiro atoms. The van der Waals surface area contributed by atoms with Crippen LogP contribution in [0.1, 0.15) is 25.3 Å². The van der Waals surface area contributed by atoms with Crippen molar-refractivity contribution in [2.45, 2.75) is 31.9 Å². The molecule has 2 aromatic rings. The van der Waals surface area contributed by atoms with E-state index >= 15 is 0 Å². The van der Waals surface area contributed by atoms with Crippen molar-refractivity contribution in [1.82, 2.24) is 5.32 Å². The van der Waals surface area contributed by atoms with E-state index < -0.39 is 18.1 Å². The molecule has 0 atom stereocenters. The predicted molar refractivity (Wildman–Crippen MR) is 99.2 cm³/mol. The van der Waals surface area contributed by atoms with E-state index in [-0.39, 0.29) is 27.5 Å². The summed E-state index contributed by atoms with van der Waals surface area (Å²) in [6.45, 7) is 3.99. The molecule has 2 aromatic carbocycles. The lowest BCUT2D eigenvalue weighted by atomic mass is 10.0. The molecule has 150 valence electrons. The summed E-state index contributed by atoms with van der Waals surface area (Å²) < 4.78 is 50.8. The number of amides is 2. The van der Waals surface area contributed by atoms with Crippen LogP contribution in [-0.4, -0.2) is 18.1 Å². The Bertz CT molecular complexity index is 871. The van der Waals surface area contributed by atoms with Crippen molar-refractivity contribution in [1.29, 1.82) is 0 Å². The second kappa shape index (κ2) is 7.25. The lowest BCUT2D eigenvalue weighted by molar-refractivity contribution is -0.317. The fraction of sp³-hybridized carbons (Fsp3) is 0.278. The lowest BCUT2D eigenvalue weighted by Crippen LogP contribution is -2.65. The fourth-order valence-electron chi connectivity index (χ4n) is 2.50. The van der Waals surface area contributed by atoms with E-state index in [1.165, 1.54) is 0 Å². The third-order valence-corrected chi connectivity index (χ3v) is 4.70. The molecule has 1 heterocycles.